The molecule has 0 aromatic heterocycles. The molecule has 1 amide bonds. The number of anilines is 1. The minimum Gasteiger partial charge on any atom is -0.333 e. The van der Waals surface area contributed by atoms with Gasteiger partial charge >= 0.3 is 0 Å². The van der Waals surface area contributed by atoms with E-state index in [1.165, 1.54) is 0 Å². The highest BCUT2D eigenvalue weighted by molar-refractivity contribution is 6.35. The van der Waals surface area contributed by atoms with Crippen molar-refractivity contribution < 1.29 is 10.1 Å². The molecule has 0 radical (unpaired) electrons. The van der Waals surface area contributed by atoms with E-state index < -0.39 is 0 Å². The number of hydrogen-bond donors (Lipinski definition) is 2. The molecule has 0 saturated carbocycles. The lowest BCUT2D eigenvalue weighted by Crippen LogP contribution is -2.86. The van der Waals surface area contributed by atoms with E-state index in [4.69, 9.17) is 34.8 Å². The second kappa shape index (κ2) is 7.84. The highest BCUT2D eigenvalue weighted by atomic mass is 35.5. The van der Waals surface area contributed by atoms with Crippen molar-refractivity contribution >= 4 is 46.4 Å². The van der Waals surface area contributed by atoms with Crippen LogP contribution in [0, 0.1) is 0 Å². The molecule has 0 bridgehead atoms. The van der Waals surface area contributed by atoms with Crippen molar-refractivity contribution in [2.45, 2.75) is 13.0 Å². The lowest BCUT2D eigenvalue weighted by Gasteiger charge is -2.12. The summed E-state index contributed by atoms with van der Waals surface area (Å²) >= 11 is 17.9. The molecular weight excluding hydrogens is 343 g/mol. The number of benzene rings is 2. The number of nitrogens with one attached hydrogen (secondary N) is 1. The first kappa shape index (κ1) is 17.1. The Bertz CT molecular complexity index is 676. The maximum absolute atomic E-state index is 12.0. The molecule has 0 saturated heterocycles. The summed E-state index contributed by atoms with van der Waals surface area (Å²) in [6.07, 6.45) is 0. The Hall–Kier alpha value is -1.26. The van der Waals surface area contributed by atoms with Gasteiger partial charge in [-0.2, -0.15) is 0 Å². The summed E-state index contributed by atoms with van der Waals surface area (Å²) in [5.74, 6) is -0.141. The van der Waals surface area contributed by atoms with Gasteiger partial charge in [-0.25, -0.2) is 0 Å². The molecule has 2 aromatic carbocycles. The van der Waals surface area contributed by atoms with Gasteiger partial charge in [0, 0.05) is 15.6 Å². The molecule has 116 valence electrons. The van der Waals surface area contributed by atoms with Crippen LogP contribution in [0.3, 0.4) is 0 Å². The first-order valence-corrected chi connectivity index (χ1v) is 7.93. The fraction of sp³-hybridized carbons (Fsp3) is 0.188. The van der Waals surface area contributed by atoms with Crippen molar-refractivity contribution in [2.75, 3.05) is 11.9 Å². The first-order chi connectivity index (χ1) is 10.5. The van der Waals surface area contributed by atoms with E-state index in [0.717, 1.165) is 5.56 Å². The van der Waals surface area contributed by atoms with Crippen LogP contribution in [0.5, 0.6) is 0 Å². The van der Waals surface area contributed by atoms with E-state index in [1.807, 2.05) is 36.5 Å². The lowest BCUT2D eigenvalue weighted by molar-refractivity contribution is -0.682. The monoisotopic (exact) mass is 357 g/mol. The average molecular weight is 359 g/mol. The summed E-state index contributed by atoms with van der Waals surface area (Å²) in [5, 5.41) is 6.36. The predicted octanol–water partition coefficient (Wildman–Crippen LogP) is 3.91. The van der Waals surface area contributed by atoms with Crippen molar-refractivity contribution in [1.82, 2.24) is 0 Å². The fourth-order valence-electron chi connectivity index (χ4n) is 2.00. The normalized spacial score (nSPS) is 12.0. The third-order valence-electron chi connectivity index (χ3n) is 3.23. The molecule has 0 aliphatic heterocycles. The Labute approximate surface area is 144 Å². The summed E-state index contributed by atoms with van der Waals surface area (Å²) in [4.78, 5) is 12.0. The summed E-state index contributed by atoms with van der Waals surface area (Å²) in [5.41, 5.74) is 1.59. The number of quaternary nitrogens is 1. The maximum atomic E-state index is 12.0. The molecule has 6 heteroatoms. The van der Waals surface area contributed by atoms with Crippen LogP contribution in [0.1, 0.15) is 18.5 Å². The van der Waals surface area contributed by atoms with Crippen molar-refractivity contribution in [3.05, 3.63) is 63.1 Å². The number of nitrogens with two attached hydrogens (primary N) is 1. The van der Waals surface area contributed by atoms with E-state index in [0.29, 0.717) is 20.8 Å². The van der Waals surface area contributed by atoms with Gasteiger partial charge in [-0.05, 0) is 37.3 Å². The Balaban J connectivity index is 1.91. The highest BCUT2D eigenvalue weighted by Gasteiger charge is 2.13. The summed E-state index contributed by atoms with van der Waals surface area (Å²) in [6.45, 7) is 2.29. The molecular formula is C16H16Cl3N2O+. The van der Waals surface area contributed by atoms with E-state index in [-0.39, 0.29) is 18.5 Å². The molecule has 22 heavy (non-hydrogen) atoms. The Morgan fingerprint density at radius 3 is 2.59 bits per heavy atom. The third kappa shape index (κ3) is 4.89. The Kier molecular flexibility index (Phi) is 6.09. The molecule has 1 atom stereocenters. The van der Waals surface area contributed by atoms with Gasteiger partial charge in [0.15, 0.2) is 6.54 Å². The van der Waals surface area contributed by atoms with Gasteiger partial charge in [0.05, 0.1) is 10.7 Å². The van der Waals surface area contributed by atoms with E-state index in [1.54, 1.807) is 18.2 Å². The van der Waals surface area contributed by atoms with Crippen molar-refractivity contribution in [2.24, 2.45) is 0 Å². The molecule has 3 nitrogen and oxygen atoms in total. The van der Waals surface area contributed by atoms with Crippen LogP contribution in [0.2, 0.25) is 15.1 Å². The fourth-order valence-corrected chi connectivity index (χ4v) is 2.54. The van der Waals surface area contributed by atoms with Crippen molar-refractivity contribution in [3.8, 4) is 0 Å². The van der Waals surface area contributed by atoms with E-state index in [9.17, 15) is 4.79 Å². The van der Waals surface area contributed by atoms with Gasteiger partial charge in [0.2, 0.25) is 0 Å². The van der Waals surface area contributed by atoms with Crippen LogP contribution in [0.25, 0.3) is 0 Å². The number of rotatable bonds is 5. The standard InChI is InChI=1S/C16H15Cl3N2O/c1-10(11-3-2-4-12(17)7-11)20-9-16(22)21-15-8-13(18)5-6-14(15)19/h2-8,10,20H,9H2,1H3,(H,21,22)/p+1/t10-/m1/s1. The van der Waals surface area contributed by atoms with Gasteiger partial charge in [0.25, 0.3) is 5.91 Å². The van der Waals surface area contributed by atoms with Gasteiger partial charge in [0.1, 0.15) is 6.04 Å². The zero-order valence-corrected chi connectivity index (χ0v) is 14.2. The zero-order valence-electron chi connectivity index (χ0n) is 11.9. The van der Waals surface area contributed by atoms with Crippen LogP contribution in [0.15, 0.2) is 42.5 Å². The molecule has 0 heterocycles. The van der Waals surface area contributed by atoms with E-state index in [2.05, 4.69) is 5.32 Å². The molecule has 0 spiro atoms. The summed E-state index contributed by atoms with van der Waals surface area (Å²) in [7, 11) is 0. The molecule has 3 N–H and O–H groups in total. The molecule has 2 aromatic rings. The largest absolute Gasteiger partial charge is 0.333 e. The number of carbonyl (C=O) groups excluding carboxylic acids is 1. The van der Waals surface area contributed by atoms with Crippen LogP contribution < -0.4 is 10.6 Å². The summed E-state index contributed by atoms with van der Waals surface area (Å²) in [6, 6.07) is 12.7. The Morgan fingerprint density at radius 2 is 1.86 bits per heavy atom. The topological polar surface area (TPSA) is 45.7 Å². The number of halogens is 3. The van der Waals surface area contributed by atoms with Crippen molar-refractivity contribution in [1.29, 1.82) is 0 Å². The molecule has 0 aliphatic carbocycles. The molecule has 2 rings (SSSR count). The van der Waals surface area contributed by atoms with Gasteiger partial charge in [-0.1, -0.05) is 46.9 Å². The zero-order chi connectivity index (χ0) is 16.1. The van der Waals surface area contributed by atoms with Crippen LogP contribution in [-0.4, -0.2) is 12.5 Å². The van der Waals surface area contributed by atoms with Crippen LogP contribution in [-0.2, 0) is 4.79 Å². The highest BCUT2D eigenvalue weighted by Crippen LogP contribution is 2.25. The second-order valence-electron chi connectivity index (χ2n) is 4.96. The van der Waals surface area contributed by atoms with Crippen LogP contribution >= 0.6 is 34.8 Å². The number of amides is 1. The summed E-state index contributed by atoms with van der Waals surface area (Å²) < 4.78 is 0. The van der Waals surface area contributed by atoms with Gasteiger partial charge < -0.3 is 10.6 Å². The van der Waals surface area contributed by atoms with Crippen LogP contribution in [0.4, 0.5) is 5.69 Å². The quantitative estimate of drug-likeness (QED) is 0.836. The SMILES string of the molecule is C[C@@H]([NH2+]CC(=O)Nc1cc(Cl)ccc1Cl)c1cccc(Cl)c1. The Morgan fingerprint density at radius 1 is 1.14 bits per heavy atom. The second-order valence-corrected chi connectivity index (χ2v) is 6.24. The van der Waals surface area contributed by atoms with E-state index >= 15 is 0 Å². The average Bonchev–Trinajstić information content (AvgIpc) is 2.48. The van der Waals surface area contributed by atoms with Gasteiger partial charge in [-0.3, -0.25) is 4.79 Å². The number of carbonyl (C=O) groups is 1. The third-order valence-corrected chi connectivity index (χ3v) is 4.03. The molecule has 0 unspecified atom stereocenters. The lowest BCUT2D eigenvalue weighted by atomic mass is 10.1. The molecule has 0 aliphatic rings. The minimum atomic E-state index is -0.141. The maximum Gasteiger partial charge on any atom is 0.279 e. The predicted molar refractivity (Wildman–Crippen MR) is 91.8 cm³/mol. The number of hydrogen-bond acceptors (Lipinski definition) is 1. The van der Waals surface area contributed by atoms with Gasteiger partial charge in [-0.15, -0.1) is 0 Å². The van der Waals surface area contributed by atoms with Crippen molar-refractivity contribution in [3.63, 3.8) is 0 Å². The smallest absolute Gasteiger partial charge is 0.279 e. The molecule has 0 fully saturated rings. The first-order valence-electron chi connectivity index (χ1n) is 6.79. The minimum absolute atomic E-state index is 0.124.